The summed E-state index contributed by atoms with van der Waals surface area (Å²) in [5.74, 6) is 1.03. The molecule has 0 atom stereocenters. The molecule has 2 rings (SSSR count). The Morgan fingerprint density at radius 1 is 1.39 bits per heavy atom. The maximum absolute atomic E-state index is 13.2. The first kappa shape index (κ1) is 17.5. The fraction of sp³-hybridized carbons (Fsp3) is 0.438. The van der Waals surface area contributed by atoms with Crippen LogP contribution in [0.4, 0.5) is 10.1 Å². The number of nitrogens with one attached hydrogen (secondary N) is 1. The van der Waals surface area contributed by atoms with Gasteiger partial charge >= 0.3 is 0 Å². The molecule has 0 aliphatic carbocycles. The van der Waals surface area contributed by atoms with E-state index in [1.165, 1.54) is 23.9 Å². The predicted octanol–water partition coefficient (Wildman–Crippen LogP) is 3.19. The van der Waals surface area contributed by atoms with Crippen LogP contribution in [-0.4, -0.2) is 26.4 Å². The Hall–Kier alpha value is -1.89. The van der Waals surface area contributed by atoms with Gasteiger partial charge in [-0.3, -0.25) is 4.79 Å². The van der Waals surface area contributed by atoms with Gasteiger partial charge in [0.15, 0.2) is 5.16 Å². The Bertz CT molecular complexity index is 699. The third-order valence-electron chi connectivity index (χ3n) is 3.32. The smallest absolute Gasteiger partial charge is 0.234 e. The van der Waals surface area contributed by atoms with Crippen LogP contribution in [0.1, 0.15) is 25.2 Å². The molecule has 0 aliphatic heterocycles. The number of carbonyl (C=O) groups is 1. The Morgan fingerprint density at radius 3 is 2.83 bits per heavy atom. The zero-order valence-corrected chi connectivity index (χ0v) is 14.6. The van der Waals surface area contributed by atoms with Crippen molar-refractivity contribution in [1.29, 1.82) is 0 Å². The van der Waals surface area contributed by atoms with Crippen LogP contribution in [0.3, 0.4) is 0 Å². The molecule has 0 unspecified atom stereocenters. The minimum atomic E-state index is -0.370. The van der Waals surface area contributed by atoms with Crippen molar-refractivity contribution in [3.63, 3.8) is 0 Å². The number of halogens is 1. The number of thioether (sulfide) groups is 1. The zero-order valence-electron chi connectivity index (χ0n) is 13.8. The lowest BCUT2D eigenvalue weighted by atomic mass is 10.1. The lowest BCUT2D eigenvalue weighted by Crippen LogP contribution is -2.15. The summed E-state index contributed by atoms with van der Waals surface area (Å²) in [5.41, 5.74) is 1.32. The van der Waals surface area contributed by atoms with Crippen LogP contribution in [0.2, 0.25) is 0 Å². The Kier molecular flexibility index (Phi) is 5.76. The molecule has 1 amide bonds. The van der Waals surface area contributed by atoms with Crippen molar-refractivity contribution in [1.82, 2.24) is 14.8 Å². The molecule has 1 heterocycles. The van der Waals surface area contributed by atoms with E-state index in [-0.39, 0.29) is 17.5 Å². The highest BCUT2D eigenvalue weighted by atomic mass is 32.2. The normalized spacial score (nSPS) is 11.0. The maximum Gasteiger partial charge on any atom is 0.234 e. The number of aromatic nitrogens is 3. The van der Waals surface area contributed by atoms with E-state index in [0.717, 1.165) is 17.8 Å². The second kappa shape index (κ2) is 7.59. The summed E-state index contributed by atoms with van der Waals surface area (Å²) in [5, 5.41) is 11.7. The number of anilines is 1. The number of aryl methyl sites for hydroxylation is 1. The van der Waals surface area contributed by atoms with E-state index in [1.54, 1.807) is 6.07 Å². The average molecular weight is 336 g/mol. The van der Waals surface area contributed by atoms with Gasteiger partial charge in [-0.15, -0.1) is 10.2 Å². The summed E-state index contributed by atoms with van der Waals surface area (Å²) in [6, 6.07) is 4.33. The third kappa shape index (κ3) is 4.79. The number of rotatable bonds is 6. The number of nitrogens with zero attached hydrogens (tertiary/aromatic N) is 3. The largest absolute Gasteiger partial charge is 0.325 e. The van der Waals surface area contributed by atoms with E-state index in [1.807, 2.05) is 18.5 Å². The molecule has 0 spiro atoms. The van der Waals surface area contributed by atoms with Crippen molar-refractivity contribution in [2.24, 2.45) is 13.0 Å². The molecule has 2 aromatic rings. The maximum atomic E-state index is 13.2. The van der Waals surface area contributed by atoms with Crippen molar-refractivity contribution in [3.05, 3.63) is 35.4 Å². The molecule has 0 saturated carbocycles. The van der Waals surface area contributed by atoms with Crippen LogP contribution in [0, 0.1) is 18.7 Å². The van der Waals surface area contributed by atoms with Crippen molar-refractivity contribution in [2.45, 2.75) is 32.3 Å². The summed E-state index contributed by atoms with van der Waals surface area (Å²) in [4.78, 5) is 12.0. The Labute approximate surface area is 139 Å². The number of hydrogen-bond donors (Lipinski definition) is 1. The molecular formula is C16H21FN4OS. The second-order valence-electron chi connectivity index (χ2n) is 5.85. The fourth-order valence-corrected chi connectivity index (χ4v) is 2.79. The van der Waals surface area contributed by atoms with Crippen molar-refractivity contribution in [2.75, 3.05) is 11.1 Å². The number of amides is 1. The first-order valence-corrected chi connectivity index (χ1v) is 8.42. The van der Waals surface area contributed by atoms with Crippen molar-refractivity contribution >= 4 is 23.4 Å². The average Bonchev–Trinajstić information content (AvgIpc) is 2.81. The van der Waals surface area contributed by atoms with E-state index in [4.69, 9.17) is 0 Å². The lowest BCUT2D eigenvalue weighted by molar-refractivity contribution is -0.113. The lowest BCUT2D eigenvalue weighted by Gasteiger charge is -2.08. The zero-order chi connectivity index (χ0) is 17.0. The quantitative estimate of drug-likeness (QED) is 0.823. The second-order valence-corrected chi connectivity index (χ2v) is 6.79. The van der Waals surface area contributed by atoms with Crippen LogP contribution >= 0.6 is 11.8 Å². The number of benzene rings is 1. The molecule has 0 saturated heterocycles. The van der Waals surface area contributed by atoms with Gasteiger partial charge in [-0.1, -0.05) is 31.7 Å². The topological polar surface area (TPSA) is 59.8 Å². The molecule has 0 bridgehead atoms. The van der Waals surface area contributed by atoms with Gasteiger partial charge in [-0.25, -0.2) is 4.39 Å². The monoisotopic (exact) mass is 336 g/mol. The molecule has 23 heavy (non-hydrogen) atoms. The van der Waals surface area contributed by atoms with Crippen LogP contribution in [-0.2, 0) is 18.3 Å². The van der Waals surface area contributed by atoms with Gasteiger partial charge in [0.2, 0.25) is 5.91 Å². The van der Waals surface area contributed by atoms with Gasteiger partial charge in [0, 0.05) is 19.2 Å². The van der Waals surface area contributed by atoms with Crippen LogP contribution in [0.5, 0.6) is 0 Å². The van der Waals surface area contributed by atoms with E-state index in [2.05, 4.69) is 29.4 Å². The molecule has 0 radical (unpaired) electrons. The summed E-state index contributed by atoms with van der Waals surface area (Å²) >= 11 is 1.32. The number of hydrogen-bond acceptors (Lipinski definition) is 4. The predicted molar refractivity (Wildman–Crippen MR) is 90.0 cm³/mol. The highest BCUT2D eigenvalue weighted by Crippen LogP contribution is 2.19. The van der Waals surface area contributed by atoms with Gasteiger partial charge in [0.25, 0.3) is 0 Å². The highest BCUT2D eigenvalue weighted by Gasteiger charge is 2.13. The van der Waals surface area contributed by atoms with Crippen LogP contribution in [0.25, 0.3) is 0 Å². The van der Waals surface area contributed by atoms with E-state index in [9.17, 15) is 9.18 Å². The van der Waals surface area contributed by atoms with Gasteiger partial charge < -0.3 is 9.88 Å². The molecule has 0 fully saturated rings. The molecule has 5 nitrogen and oxygen atoms in total. The molecular weight excluding hydrogens is 315 g/mol. The molecule has 124 valence electrons. The van der Waals surface area contributed by atoms with Crippen molar-refractivity contribution in [3.8, 4) is 0 Å². The van der Waals surface area contributed by atoms with Gasteiger partial charge in [0.1, 0.15) is 11.6 Å². The summed E-state index contributed by atoms with van der Waals surface area (Å²) in [6.45, 7) is 6.07. The molecule has 1 aromatic carbocycles. The van der Waals surface area contributed by atoms with Crippen molar-refractivity contribution < 1.29 is 9.18 Å². The van der Waals surface area contributed by atoms with Gasteiger partial charge in [-0.05, 0) is 30.5 Å². The van der Waals surface area contributed by atoms with Gasteiger partial charge in [-0.2, -0.15) is 0 Å². The molecule has 7 heteroatoms. The highest BCUT2D eigenvalue weighted by molar-refractivity contribution is 7.99. The standard InChI is InChI=1S/C16H21FN4OS/c1-10(2)7-14-19-20-16(21(14)4)23-9-15(22)18-13-8-12(17)6-5-11(13)3/h5-6,8,10H,7,9H2,1-4H3,(H,18,22). The minimum Gasteiger partial charge on any atom is -0.325 e. The van der Waals surface area contributed by atoms with E-state index >= 15 is 0 Å². The van der Waals surface area contributed by atoms with E-state index in [0.29, 0.717) is 16.8 Å². The minimum absolute atomic E-state index is 0.197. The first-order valence-electron chi connectivity index (χ1n) is 7.44. The SMILES string of the molecule is Cc1ccc(F)cc1NC(=O)CSc1nnc(CC(C)C)n1C. The summed E-state index contributed by atoms with van der Waals surface area (Å²) in [6.07, 6.45) is 0.846. The number of carbonyl (C=O) groups excluding carboxylic acids is 1. The Balaban J connectivity index is 1.94. The van der Waals surface area contributed by atoms with Crippen LogP contribution < -0.4 is 5.32 Å². The molecule has 1 aromatic heterocycles. The Morgan fingerprint density at radius 2 is 2.13 bits per heavy atom. The summed E-state index contributed by atoms with van der Waals surface area (Å²) in [7, 11) is 1.90. The summed E-state index contributed by atoms with van der Waals surface area (Å²) < 4.78 is 15.1. The molecule has 0 aliphatic rings. The fourth-order valence-electron chi connectivity index (χ4n) is 2.06. The van der Waals surface area contributed by atoms with E-state index < -0.39 is 0 Å². The van der Waals surface area contributed by atoms with Crippen LogP contribution in [0.15, 0.2) is 23.4 Å². The van der Waals surface area contributed by atoms with Gasteiger partial charge in [0.05, 0.1) is 5.75 Å². The first-order chi connectivity index (χ1) is 10.9. The molecule has 1 N–H and O–H groups in total. The third-order valence-corrected chi connectivity index (χ3v) is 4.34.